The van der Waals surface area contributed by atoms with Gasteiger partial charge in [0.15, 0.2) is 0 Å². The van der Waals surface area contributed by atoms with Crippen LogP contribution in [0, 0.1) is 12.8 Å². The third kappa shape index (κ3) is 5.44. The molecule has 2 atom stereocenters. The molecular formula is C25H31F2N5O2S. The molecule has 0 aliphatic carbocycles. The van der Waals surface area contributed by atoms with Crippen molar-refractivity contribution < 1.29 is 18.3 Å². The predicted octanol–water partition coefficient (Wildman–Crippen LogP) is 5.21. The lowest BCUT2D eigenvalue weighted by Gasteiger charge is -2.36. The third-order valence-electron chi connectivity index (χ3n) is 6.64. The molecule has 1 fully saturated rings. The van der Waals surface area contributed by atoms with E-state index in [-0.39, 0.29) is 17.9 Å². The van der Waals surface area contributed by atoms with Crippen LogP contribution in [0.5, 0.6) is 0 Å². The number of ether oxygens (including phenoxy) is 1. The number of likely N-dealkylation sites (tertiary alicyclic amines) is 1. The largest absolute Gasteiger partial charge is 0.377 e. The molecular weight excluding hydrogens is 472 g/mol. The van der Waals surface area contributed by atoms with Crippen molar-refractivity contribution in [3.8, 4) is 0 Å². The summed E-state index contributed by atoms with van der Waals surface area (Å²) in [5.74, 6) is -0.131. The molecule has 0 saturated carbocycles. The van der Waals surface area contributed by atoms with Crippen LogP contribution < -0.4 is 10.6 Å². The van der Waals surface area contributed by atoms with Crippen LogP contribution in [0.3, 0.4) is 0 Å². The number of rotatable bonds is 8. The maximum Gasteiger partial charge on any atom is 0.258 e. The van der Waals surface area contributed by atoms with Crippen molar-refractivity contribution in [3.05, 3.63) is 46.6 Å². The summed E-state index contributed by atoms with van der Waals surface area (Å²) in [6.07, 6.45) is 0.184. The first-order valence-corrected chi connectivity index (χ1v) is 12.5. The fourth-order valence-corrected chi connectivity index (χ4v) is 5.48. The second-order valence-electron chi connectivity index (χ2n) is 8.80. The van der Waals surface area contributed by atoms with E-state index in [4.69, 9.17) is 4.74 Å². The molecule has 1 aromatic carbocycles. The third-order valence-corrected chi connectivity index (χ3v) is 7.52. The standard InChI is InChI=1S/C25H31F2N5O2S/c1-14(34-4)20-19(13-29-25-21(20)30-15(2)35-25)31-18-7-5-16(6-8-18)22(23(26)27)32-11-9-17(10-12-32)24(33)28-3/h5-8,13-14,17,22-23,31H,9-12H2,1-4H3,(H,28,33)/t14-,22-/m0/s1. The number of methoxy groups -OCH3 is 1. The number of piperidine rings is 1. The highest BCUT2D eigenvalue weighted by Gasteiger charge is 2.33. The van der Waals surface area contributed by atoms with Gasteiger partial charge >= 0.3 is 0 Å². The Kier molecular flexibility index (Phi) is 7.93. The number of halogens is 2. The lowest BCUT2D eigenvalue weighted by Crippen LogP contribution is -2.43. The molecule has 1 saturated heterocycles. The fraction of sp³-hybridized carbons (Fsp3) is 0.480. The van der Waals surface area contributed by atoms with Crippen LogP contribution in [0.2, 0.25) is 0 Å². The zero-order valence-electron chi connectivity index (χ0n) is 20.3. The maximum atomic E-state index is 14.1. The monoisotopic (exact) mass is 503 g/mol. The number of aromatic nitrogens is 2. The number of thiazole rings is 1. The van der Waals surface area contributed by atoms with E-state index in [0.29, 0.717) is 31.5 Å². The van der Waals surface area contributed by atoms with E-state index >= 15 is 0 Å². The smallest absolute Gasteiger partial charge is 0.258 e. The highest BCUT2D eigenvalue weighted by Crippen LogP contribution is 2.36. The van der Waals surface area contributed by atoms with Crippen LogP contribution >= 0.6 is 11.3 Å². The summed E-state index contributed by atoms with van der Waals surface area (Å²) in [5, 5.41) is 6.95. The summed E-state index contributed by atoms with van der Waals surface area (Å²) in [5.41, 5.74) is 3.80. The predicted molar refractivity (Wildman–Crippen MR) is 134 cm³/mol. The van der Waals surface area contributed by atoms with Crippen molar-refractivity contribution in [1.82, 2.24) is 20.2 Å². The summed E-state index contributed by atoms with van der Waals surface area (Å²) in [6, 6.07) is 6.08. The molecule has 1 amide bonds. The molecule has 188 valence electrons. The Hall–Kier alpha value is -2.69. The first-order valence-electron chi connectivity index (χ1n) is 11.7. The number of carbonyl (C=O) groups excluding carboxylic acids is 1. The molecule has 1 aliphatic rings. The lowest BCUT2D eigenvalue weighted by molar-refractivity contribution is -0.126. The number of amides is 1. The molecule has 0 bridgehead atoms. The maximum absolute atomic E-state index is 14.1. The first-order chi connectivity index (χ1) is 16.8. The van der Waals surface area contributed by atoms with Gasteiger partial charge in [0.05, 0.1) is 29.0 Å². The van der Waals surface area contributed by atoms with E-state index in [1.54, 1.807) is 49.5 Å². The quantitative estimate of drug-likeness (QED) is 0.439. The van der Waals surface area contributed by atoms with E-state index < -0.39 is 12.5 Å². The van der Waals surface area contributed by atoms with Crippen molar-refractivity contribution in [1.29, 1.82) is 0 Å². The Balaban J connectivity index is 1.54. The van der Waals surface area contributed by atoms with E-state index in [2.05, 4.69) is 20.6 Å². The first kappa shape index (κ1) is 25.4. The van der Waals surface area contributed by atoms with Crippen molar-refractivity contribution in [2.45, 2.75) is 45.3 Å². The van der Waals surface area contributed by atoms with Crippen molar-refractivity contribution >= 4 is 39.0 Å². The SMILES string of the molecule is CNC(=O)C1CCN([C@@H](c2ccc(Nc3cnc4sc(C)nc4c3[C@H](C)OC)cc2)C(F)F)CC1. The van der Waals surface area contributed by atoms with Crippen molar-refractivity contribution in [2.75, 3.05) is 32.6 Å². The number of alkyl halides is 2. The van der Waals surface area contributed by atoms with Gasteiger partial charge in [-0.1, -0.05) is 23.5 Å². The Morgan fingerprint density at radius 2 is 1.91 bits per heavy atom. The van der Waals surface area contributed by atoms with Gasteiger partial charge in [-0.15, -0.1) is 0 Å². The van der Waals surface area contributed by atoms with Crippen molar-refractivity contribution in [3.63, 3.8) is 0 Å². The molecule has 10 heteroatoms. The van der Waals surface area contributed by atoms with E-state index in [1.165, 1.54) is 11.3 Å². The highest BCUT2D eigenvalue weighted by atomic mass is 32.1. The molecule has 3 heterocycles. The Bertz CT molecular complexity index is 1160. The average Bonchev–Trinajstić information content (AvgIpc) is 3.24. The number of aryl methyl sites for hydroxylation is 1. The van der Waals surface area contributed by atoms with Crippen LogP contribution in [0.25, 0.3) is 10.3 Å². The number of pyridine rings is 1. The molecule has 7 nitrogen and oxygen atoms in total. The number of nitrogens with zero attached hydrogens (tertiary/aromatic N) is 3. The summed E-state index contributed by atoms with van der Waals surface area (Å²) < 4.78 is 33.8. The van der Waals surface area contributed by atoms with Gasteiger partial charge in [0.2, 0.25) is 5.91 Å². The second-order valence-corrected chi connectivity index (χ2v) is 9.98. The van der Waals surface area contributed by atoms with E-state index in [0.717, 1.165) is 32.3 Å². The Labute approximate surface area is 207 Å². The van der Waals surface area contributed by atoms with Gasteiger partial charge < -0.3 is 15.4 Å². The van der Waals surface area contributed by atoms with Crippen LogP contribution in [0.1, 0.15) is 48.0 Å². The Morgan fingerprint density at radius 3 is 2.51 bits per heavy atom. The number of nitrogens with one attached hydrogen (secondary N) is 2. The highest BCUT2D eigenvalue weighted by molar-refractivity contribution is 7.18. The minimum absolute atomic E-state index is 0.0173. The minimum atomic E-state index is -2.53. The van der Waals surface area contributed by atoms with Crippen molar-refractivity contribution in [2.24, 2.45) is 5.92 Å². The van der Waals surface area contributed by atoms with Gasteiger partial charge in [0.25, 0.3) is 6.43 Å². The van der Waals surface area contributed by atoms with Gasteiger partial charge in [-0.3, -0.25) is 9.69 Å². The van der Waals surface area contributed by atoms with Crippen LogP contribution in [0.4, 0.5) is 20.2 Å². The molecule has 0 unspecified atom stereocenters. The Morgan fingerprint density at radius 1 is 1.23 bits per heavy atom. The molecule has 0 radical (unpaired) electrons. The molecule has 0 spiro atoms. The molecule has 2 N–H and O–H groups in total. The fourth-order valence-electron chi connectivity index (χ4n) is 4.71. The van der Waals surface area contributed by atoms with Crippen LogP contribution in [0.15, 0.2) is 30.5 Å². The molecule has 4 rings (SSSR count). The van der Waals surface area contributed by atoms with E-state index in [9.17, 15) is 13.6 Å². The zero-order chi connectivity index (χ0) is 25.1. The number of hydrogen-bond donors (Lipinski definition) is 2. The zero-order valence-corrected chi connectivity index (χ0v) is 21.2. The van der Waals surface area contributed by atoms with E-state index in [1.807, 2.05) is 13.8 Å². The molecule has 3 aromatic rings. The molecule has 2 aromatic heterocycles. The number of fused-ring (bicyclic) bond motifs is 1. The summed E-state index contributed by atoms with van der Waals surface area (Å²) in [4.78, 5) is 23.7. The van der Waals surface area contributed by atoms with Gasteiger partial charge in [0.1, 0.15) is 10.3 Å². The number of hydrogen-bond acceptors (Lipinski definition) is 7. The van der Waals surface area contributed by atoms with Gasteiger partial charge in [0, 0.05) is 31.3 Å². The van der Waals surface area contributed by atoms with Gasteiger partial charge in [-0.2, -0.15) is 0 Å². The topological polar surface area (TPSA) is 79.4 Å². The summed E-state index contributed by atoms with van der Waals surface area (Å²) >= 11 is 1.53. The normalized spacial score (nSPS) is 17.0. The van der Waals surface area contributed by atoms with Gasteiger partial charge in [-0.05, 0) is 57.5 Å². The summed E-state index contributed by atoms with van der Waals surface area (Å²) in [7, 11) is 3.26. The summed E-state index contributed by atoms with van der Waals surface area (Å²) in [6.45, 7) is 4.83. The van der Waals surface area contributed by atoms with Crippen LogP contribution in [-0.2, 0) is 9.53 Å². The number of benzene rings is 1. The lowest BCUT2D eigenvalue weighted by atomic mass is 9.93. The van der Waals surface area contributed by atoms with Crippen LogP contribution in [-0.4, -0.2) is 54.4 Å². The number of anilines is 2. The minimum Gasteiger partial charge on any atom is -0.377 e. The molecule has 35 heavy (non-hydrogen) atoms. The molecule has 1 aliphatic heterocycles. The number of carbonyl (C=O) groups is 1. The van der Waals surface area contributed by atoms with Gasteiger partial charge in [-0.25, -0.2) is 18.7 Å². The average molecular weight is 504 g/mol. The second kappa shape index (κ2) is 10.9.